The predicted octanol–water partition coefficient (Wildman–Crippen LogP) is 7.10. The molecule has 2 aromatic carbocycles. The zero-order valence-electron chi connectivity index (χ0n) is 18.6. The third kappa shape index (κ3) is 4.27. The molecule has 0 heterocycles. The van der Waals surface area contributed by atoms with Crippen LogP contribution in [-0.2, 0) is 18.3 Å². The van der Waals surface area contributed by atoms with Gasteiger partial charge in [-0.25, -0.2) is 0 Å². The molecule has 0 radical (unpaired) electrons. The molecule has 2 heteroatoms. The van der Waals surface area contributed by atoms with Gasteiger partial charge in [-0.2, -0.15) is 0 Å². The fraction of sp³-hybridized carbons (Fsp3) is 0.462. The first-order valence-electron chi connectivity index (χ1n) is 10.4. The van der Waals surface area contributed by atoms with Crippen LogP contribution in [0.2, 0.25) is 0 Å². The van der Waals surface area contributed by atoms with Gasteiger partial charge in [-0.1, -0.05) is 66.3 Å². The maximum absolute atomic E-state index is 11.2. The number of hydrogen-bond acceptors (Lipinski definition) is 2. The molecule has 0 aliphatic heterocycles. The van der Waals surface area contributed by atoms with Gasteiger partial charge in [-0.05, 0) is 59.9 Å². The number of aromatic hydroxyl groups is 2. The molecule has 152 valence electrons. The van der Waals surface area contributed by atoms with E-state index in [1.165, 1.54) is 11.1 Å². The van der Waals surface area contributed by atoms with Crippen LogP contribution in [0.3, 0.4) is 0 Å². The highest BCUT2D eigenvalue weighted by Crippen LogP contribution is 2.45. The van der Waals surface area contributed by atoms with Crippen molar-refractivity contribution < 1.29 is 10.2 Å². The minimum absolute atomic E-state index is 0.0720. The molecule has 0 aliphatic rings. The van der Waals surface area contributed by atoms with E-state index in [1.54, 1.807) is 0 Å². The Balaban J connectivity index is 2.80. The summed E-state index contributed by atoms with van der Waals surface area (Å²) in [5.41, 5.74) is 6.63. The Labute approximate surface area is 170 Å². The molecule has 0 saturated carbocycles. The average molecular weight is 381 g/mol. The van der Waals surface area contributed by atoms with Gasteiger partial charge in [0.25, 0.3) is 0 Å². The normalized spacial score (nSPS) is 12.8. The number of rotatable bonds is 6. The van der Waals surface area contributed by atoms with E-state index in [-0.39, 0.29) is 17.1 Å². The number of benzene rings is 2. The van der Waals surface area contributed by atoms with Crippen LogP contribution >= 0.6 is 0 Å². The first kappa shape index (κ1) is 22.1. The van der Waals surface area contributed by atoms with E-state index in [4.69, 9.17) is 0 Å². The first-order chi connectivity index (χ1) is 13.0. The summed E-state index contributed by atoms with van der Waals surface area (Å²) in [5, 5.41) is 22.3. The topological polar surface area (TPSA) is 40.5 Å². The number of aryl methyl sites for hydroxylation is 2. The van der Waals surface area contributed by atoms with Crippen molar-refractivity contribution >= 4 is 5.57 Å². The maximum Gasteiger partial charge on any atom is 0.126 e. The van der Waals surface area contributed by atoms with E-state index < -0.39 is 0 Å². The standard InChI is InChI=1S/C26H36O2/c1-9-17-12-20(16(4)5)24(27)21(13-17)19(11-3)22-14-18(10-2)15-23(25(22)28)26(6,7)8/h12-15,19,27-28H,4,9-11H2,1-3,5-8H3. The third-order valence-electron chi connectivity index (χ3n) is 5.64. The minimum Gasteiger partial charge on any atom is -0.507 e. The predicted molar refractivity (Wildman–Crippen MR) is 121 cm³/mol. The lowest BCUT2D eigenvalue weighted by molar-refractivity contribution is 0.432. The van der Waals surface area contributed by atoms with Gasteiger partial charge in [0, 0.05) is 22.6 Å². The zero-order chi connectivity index (χ0) is 21.2. The summed E-state index contributed by atoms with van der Waals surface area (Å²) in [4.78, 5) is 0. The van der Waals surface area contributed by atoms with Gasteiger partial charge in [0.2, 0.25) is 0 Å². The Morgan fingerprint density at radius 2 is 1.39 bits per heavy atom. The van der Waals surface area contributed by atoms with Crippen molar-refractivity contribution in [2.75, 3.05) is 0 Å². The summed E-state index contributed by atoms with van der Waals surface area (Å²) in [7, 11) is 0. The Morgan fingerprint density at radius 1 is 0.893 bits per heavy atom. The summed E-state index contributed by atoms with van der Waals surface area (Å²) in [6, 6.07) is 8.34. The van der Waals surface area contributed by atoms with Gasteiger partial charge in [-0.15, -0.1) is 0 Å². The Bertz CT molecular complexity index is 869. The van der Waals surface area contributed by atoms with Crippen molar-refractivity contribution in [3.05, 3.63) is 64.2 Å². The first-order valence-corrected chi connectivity index (χ1v) is 10.4. The number of phenols is 2. The Hall–Kier alpha value is -2.22. The van der Waals surface area contributed by atoms with Crippen LogP contribution in [0, 0.1) is 0 Å². The van der Waals surface area contributed by atoms with Crippen molar-refractivity contribution in [3.8, 4) is 11.5 Å². The molecule has 0 fully saturated rings. The van der Waals surface area contributed by atoms with Crippen LogP contribution in [0.4, 0.5) is 0 Å². The van der Waals surface area contributed by atoms with Crippen molar-refractivity contribution in [1.29, 1.82) is 0 Å². The molecular weight excluding hydrogens is 344 g/mol. The number of phenolic OH excluding ortho intramolecular Hbond substituents is 2. The number of hydrogen-bond donors (Lipinski definition) is 2. The summed E-state index contributed by atoms with van der Waals surface area (Å²) in [5.74, 6) is 0.571. The second-order valence-electron chi connectivity index (χ2n) is 8.86. The molecular formula is C26H36O2. The Morgan fingerprint density at radius 3 is 1.82 bits per heavy atom. The summed E-state index contributed by atoms with van der Waals surface area (Å²) in [6.45, 7) is 18.7. The molecule has 2 nitrogen and oxygen atoms in total. The lowest BCUT2D eigenvalue weighted by atomic mass is 9.79. The molecule has 2 N–H and O–H groups in total. The highest BCUT2D eigenvalue weighted by Gasteiger charge is 2.27. The maximum atomic E-state index is 11.2. The molecule has 2 rings (SSSR count). The highest BCUT2D eigenvalue weighted by atomic mass is 16.3. The van der Waals surface area contributed by atoms with E-state index in [0.717, 1.165) is 47.1 Å². The fourth-order valence-corrected chi connectivity index (χ4v) is 3.88. The SMILES string of the molecule is C=C(C)c1cc(CC)cc(C(CC)c2cc(CC)cc(C(C)(C)C)c2O)c1O. The van der Waals surface area contributed by atoms with E-state index in [9.17, 15) is 10.2 Å². The van der Waals surface area contributed by atoms with E-state index in [0.29, 0.717) is 5.75 Å². The molecule has 0 saturated heterocycles. The summed E-state index contributed by atoms with van der Waals surface area (Å²) >= 11 is 0. The summed E-state index contributed by atoms with van der Waals surface area (Å²) in [6.07, 6.45) is 2.59. The Kier molecular flexibility index (Phi) is 6.64. The second kappa shape index (κ2) is 8.43. The monoisotopic (exact) mass is 380 g/mol. The number of allylic oxidation sites excluding steroid dienone is 1. The second-order valence-corrected chi connectivity index (χ2v) is 8.86. The van der Waals surface area contributed by atoms with E-state index in [1.807, 2.05) is 13.0 Å². The summed E-state index contributed by atoms with van der Waals surface area (Å²) < 4.78 is 0. The van der Waals surface area contributed by atoms with Gasteiger partial charge in [-0.3, -0.25) is 0 Å². The molecule has 0 bridgehead atoms. The quantitative estimate of drug-likeness (QED) is 0.561. The van der Waals surface area contributed by atoms with Crippen molar-refractivity contribution in [3.63, 3.8) is 0 Å². The van der Waals surface area contributed by atoms with Crippen LogP contribution < -0.4 is 0 Å². The lowest BCUT2D eigenvalue weighted by Gasteiger charge is -2.27. The van der Waals surface area contributed by atoms with Crippen LogP contribution in [-0.4, -0.2) is 10.2 Å². The van der Waals surface area contributed by atoms with Crippen LogP contribution in [0.15, 0.2) is 30.8 Å². The van der Waals surface area contributed by atoms with Crippen LogP contribution in [0.1, 0.15) is 94.2 Å². The fourth-order valence-electron chi connectivity index (χ4n) is 3.88. The van der Waals surface area contributed by atoms with Crippen molar-refractivity contribution in [2.45, 2.75) is 79.1 Å². The molecule has 0 spiro atoms. The van der Waals surface area contributed by atoms with Crippen LogP contribution in [0.5, 0.6) is 11.5 Å². The molecule has 0 amide bonds. The van der Waals surface area contributed by atoms with E-state index >= 15 is 0 Å². The molecule has 1 unspecified atom stereocenters. The van der Waals surface area contributed by atoms with Crippen molar-refractivity contribution in [2.24, 2.45) is 0 Å². The van der Waals surface area contributed by atoms with Gasteiger partial charge in [0.1, 0.15) is 11.5 Å². The zero-order valence-corrected chi connectivity index (χ0v) is 18.6. The molecule has 0 aromatic heterocycles. The minimum atomic E-state index is -0.154. The average Bonchev–Trinajstić information content (AvgIpc) is 2.63. The van der Waals surface area contributed by atoms with Gasteiger partial charge in [0.15, 0.2) is 0 Å². The molecule has 1 atom stereocenters. The van der Waals surface area contributed by atoms with Crippen molar-refractivity contribution in [1.82, 2.24) is 0 Å². The molecule has 28 heavy (non-hydrogen) atoms. The van der Waals surface area contributed by atoms with Gasteiger partial charge in [0.05, 0.1) is 0 Å². The molecule has 0 aliphatic carbocycles. The third-order valence-corrected chi connectivity index (χ3v) is 5.64. The van der Waals surface area contributed by atoms with E-state index in [2.05, 4.69) is 66.3 Å². The molecule has 2 aromatic rings. The highest BCUT2D eigenvalue weighted by molar-refractivity contribution is 5.70. The lowest BCUT2D eigenvalue weighted by Crippen LogP contribution is -2.14. The van der Waals surface area contributed by atoms with Gasteiger partial charge >= 0.3 is 0 Å². The largest absolute Gasteiger partial charge is 0.507 e. The smallest absolute Gasteiger partial charge is 0.126 e. The van der Waals surface area contributed by atoms with Gasteiger partial charge < -0.3 is 10.2 Å². The van der Waals surface area contributed by atoms with Crippen LogP contribution in [0.25, 0.3) is 5.57 Å².